The maximum absolute atomic E-state index is 12.8. The van der Waals surface area contributed by atoms with Gasteiger partial charge in [0.1, 0.15) is 0 Å². The van der Waals surface area contributed by atoms with E-state index in [2.05, 4.69) is 16.4 Å². The minimum atomic E-state index is -0.322. The fraction of sp³-hybridized carbons (Fsp3) is 0.652. The van der Waals surface area contributed by atoms with Crippen LogP contribution in [0, 0.1) is 13.8 Å². The van der Waals surface area contributed by atoms with Gasteiger partial charge in [0.15, 0.2) is 0 Å². The second kappa shape index (κ2) is 9.61. The third-order valence-electron chi connectivity index (χ3n) is 6.49. The van der Waals surface area contributed by atoms with Crippen LogP contribution in [0.3, 0.4) is 0 Å². The molecule has 3 rings (SSSR count). The number of rotatable bonds is 6. The summed E-state index contributed by atoms with van der Waals surface area (Å²) in [6.07, 6.45) is 8.70. The molecule has 1 aromatic heterocycles. The molecule has 0 unspecified atom stereocenters. The smallest absolute Gasteiger partial charge is 0.340 e. The summed E-state index contributed by atoms with van der Waals surface area (Å²) in [7, 11) is 0. The molecule has 2 fully saturated rings. The second-order valence-corrected chi connectivity index (χ2v) is 8.06. The summed E-state index contributed by atoms with van der Waals surface area (Å²) < 4.78 is 7.35. The van der Waals surface area contributed by atoms with E-state index in [0.29, 0.717) is 12.2 Å². The molecule has 1 amide bonds. The van der Waals surface area contributed by atoms with Gasteiger partial charge in [-0.25, -0.2) is 4.79 Å². The average Bonchev–Trinajstić information content (AvgIpc) is 3.33. The van der Waals surface area contributed by atoms with Crippen LogP contribution in [0.25, 0.3) is 6.08 Å². The predicted octanol–water partition coefficient (Wildman–Crippen LogP) is 3.40. The molecule has 160 valence electrons. The van der Waals surface area contributed by atoms with E-state index < -0.39 is 0 Å². The van der Waals surface area contributed by atoms with Crippen molar-refractivity contribution in [2.75, 3.05) is 32.8 Å². The van der Waals surface area contributed by atoms with Gasteiger partial charge in [0, 0.05) is 61.8 Å². The average molecular weight is 402 g/mol. The van der Waals surface area contributed by atoms with Crippen molar-refractivity contribution in [3.05, 3.63) is 28.6 Å². The van der Waals surface area contributed by atoms with Crippen LogP contribution in [0.1, 0.15) is 66.8 Å². The lowest BCUT2D eigenvalue weighted by molar-refractivity contribution is -0.128. The Bertz CT molecular complexity index is 767. The van der Waals surface area contributed by atoms with Gasteiger partial charge in [0.05, 0.1) is 12.2 Å². The Morgan fingerprint density at radius 1 is 1.03 bits per heavy atom. The monoisotopic (exact) mass is 401 g/mol. The van der Waals surface area contributed by atoms with Crippen LogP contribution < -0.4 is 0 Å². The van der Waals surface area contributed by atoms with Crippen LogP contribution in [0.15, 0.2) is 6.08 Å². The summed E-state index contributed by atoms with van der Waals surface area (Å²) in [5, 5.41) is 0. The molecule has 1 aromatic rings. The zero-order chi connectivity index (χ0) is 21.0. The van der Waals surface area contributed by atoms with E-state index in [1.807, 2.05) is 18.7 Å². The van der Waals surface area contributed by atoms with Crippen molar-refractivity contribution < 1.29 is 14.3 Å². The molecular weight excluding hydrogens is 366 g/mol. The largest absolute Gasteiger partial charge is 0.462 e. The van der Waals surface area contributed by atoms with Crippen LogP contribution in [0.4, 0.5) is 0 Å². The van der Waals surface area contributed by atoms with Gasteiger partial charge in [0.25, 0.3) is 0 Å². The number of carbonyl (C=O) groups is 2. The fourth-order valence-electron chi connectivity index (χ4n) is 4.88. The maximum Gasteiger partial charge on any atom is 0.340 e. The Morgan fingerprint density at radius 2 is 1.69 bits per heavy atom. The number of ether oxygens (including phenoxy) is 1. The molecule has 6 heteroatoms. The van der Waals surface area contributed by atoms with Crippen LogP contribution in [-0.4, -0.2) is 65.1 Å². The molecule has 1 aliphatic heterocycles. The van der Waals surface area contributed by atoms with Gasteiger partial charge in [-0.05, 0) is 46.6 Å². The first-order valence-electron chi connectivity index (χ1n) is 11.1. The molecule has 29 heavy (non-hydrogen) atoms. The molecule has 0 aromatic carbocycles. The Labute approximate surface area is 174 Å². The molecule has 0 atom stereocenters. The Balaban J connectivity index is 1.70. The van der Waals surface area contributed by atoms with Crippen molar-refractivity contribution in [1.29, 1.82) is 0 Å². The summed E-state index contributed by atoms with van der Waals surface area (Å²) in [5.41, 5.74) is 3.24. The number of amides is 1. The maximum atomic E-state index is 12.8. The van der Waals surface area contributed by atoms with E-state index in [1.54, 1.807) is 19.1 Å². The van der Waals surface area contributed by atoms with Gasteiger partial charge < -0.3 is 14.2 Å². The van der Waals surface area contributed by atoms with E-state index >= 15 is 0 Å². The minimum Gasteiger partial charge on any atom is -0.462 e. The topological polar surface area (TPSA) is 54.8 Å². The number of nitrogens with zero attached hydrogens (tertiary/aromatic N) is 3. The third-order valence-corrected chi connectivity index (χ3v) is 6.49. The van der Waals surface area contributed by atoms with Gasteiger partial charge in [-0.3, -0.25) is 9.69 Å². The summed E-state index contributed by atoms with van der Waals surface area (Å²) in [4.78, 5) is 29.8. The number of carbonyl (C=O) groups excluding carboxylic acids is 2. The number of esters is 1. The van der Waals surface area contributed by atoms with Crippen LogP contribution in [0.2, 0.25) is 0 Å². The van der Waals surface area contributed by atoms with Gasteiger partial charge in [-0.15, -0.1) is 0 Å². The molecule has 2 heterocycles. The van der Waals surface area contributed by atoms with Crippen molar-refractivity contribution in [2.45, 2.75) is 66.0 Å². The molecule has 0 N–H and O–H groups in total. The van der Waals surface area contributed by atoms with Crippen molar-refractivity contribution in [3.8, 4) is 0 Å². The fourth-order valence-corrected chi connectivity index (χ4v) is 4.88. The Morgan fingerprint density at radius 3 is 2.28 bits per heavy atom. The first kappa shape index (κ1) is 21.6. The highest BCUT2D eigenvalue weighted by Crippen LogP contribution is 2.26. The first-order chi connectivity index (χ1) is 14.0. The molecule has 0 radical (unpaired) electrons. The minimum absolute atomic E-state index is 0.0205. The van der Waals surface area contributed by atoms with E-state index in [4.69, 9.17) is 4.74 Å². The van der Waals surface area contributed by atoms with Crippen LogP contribution in [0.5, 0.6) is 0 Å². The van der Waals surface area contributed by atoms with Gasteiger partial charge in [-0.1, -0.05) is 12.8 Å². The van der Waals surface area contributed by atoms with Crippen molar-refractivity contribution in [1.82, 2.24) is 14.4 Å². The molecule has 0 bridgehead atoms. The highest BCUT2D eigenvalue weighted by Gasteiger charge is 2.27. The molecule has 2 aliphatic rings. The molecular formula is C23H35N3O3. The molecule has 1 saturated heterocycles. The normalized spacial score (nSPS) is 18.7. The molecule has 1 saturated carbocycles. The highest BCUT2D eigenvalue weighted by atomic mass is 16.5. The first-order valence-corrected chi connectivity index (χ1v) is 11.1. The number of piperazine rings is 1. The van der Waals surface area contributed by atoms with Gasteiger partial charge in [-0.2, -0.15) is 0 Å². The van der Waals surface area contributed by atoms with Crippen LogP contribution in [-0.2, 0) is 16.1 Å². The van der Waals surface area contributed by atoms with Crippen molar-refractivity contribution in [2.24, 2.45) is 0 Å². The zero-order valence-corrected chi connectivity index (χ0v) is 18.4. The lowest BCUT2D eigenvalue weighted by Crippen LogP contribution is -2.51. The van der Waals surface area contributed by atoms with Gasteiger partial charge >= 0.3 is 5.97 Å². The van der Waals surface area contributed by atoms with E-state index in [1.165, 1.54) is 25.7 Å². The number of aromatic nitrogens is 1. The zero-order valence-electron chi connectivity index (χ0n) is 18.4. The molecule has 1 aliphatic carbocycles. The van der Waals surface area contributed by atoms with E-state index in [-0.39, 0.29) is 11.9 Å². The van der Waals surface area contributed by atoms with Gasteiger partial charge in [0.2, 0.25) is 5.91 Å². The van der Waals surface area contributed by atoms with E-state index in [9.17, 15) is 9.59 Å². The number of hydrogen-bond donors (Lipinski definition) is 0. The molecule has 0 spiro atoms. The number of hydrogen-bond acceptors (Lipinski definition) is 4. The standard InChI is InChI=1S/C23H35N3O3/c1-5-26-17(3)20(22(18(26)4)23(28)29-6-2)11-12-21(27)25-15-13-24(14-16-25)19-9-7-8-10-19/h11-12,19H,5-10,13-16H2,1-4H3/b12-11+. The Hall–Kier alpha value is -2.08. The second-order valence-electron chi connectivity index (χ2n) is 8.06. The van der Waals surface area contributed by atoms with Crippen molar-refractivity contribution in [3.63, 3.8) is 0 Å². The predicted molar refractivity (Wildman–Crippen MR) is 115 cm³/mol. The third kappa shape index (κ3) is 4.58. The Kier molecular flexibility index (Phi) is 7.17. The summed E-state index contributed by atoms with van der Waals surface area (Å²) in [6, 6.07) is 0.717. The van der Waals surface area contributed by atoms with E-state index in [0.717, 1.165) is 55.7 Å². The lowest BCUT2D eigenvalue weighted by atomic mass is 10.1. The summed E-state index contributed by atoms with van der Waals surface area (Å²) >= 11 is 0. The SMILES string of the molecule is CCOC(=O)c1c(/C=C/C(=O)N2CCN(C3CCCC3)CC2)c(C)n(CC)c1C. The van der Waals surface area contributed by atoms with Crippen molar-refractivity contribution >= 4 is 18.0 Å². The molecule has 6 nitrogen and oxygen atoms in total. The highest BCUT2D eigenvalue weighted by molar-refractivity contribution is 5.98. The quantitative estimate of drug-likeness (QED) is 0.542. The summed E-state index contributed by atoms with van der Waals surface area (Å²) in [5.74, 6) is -0.301. The lowest BCUT2D eigenvalue weighted by Gasteiger charge is -2.37. The van der Waals surface area contributed by atoms with Crippen LogP contribution >= 0.6 is 0 Å². The summed E-state index contributed by atoms with van der Waals surface area (Å²) in [6.45, 7) is 12.4.